The Morgan fingerprint density at radius 1 is 1.50 bits per heavy atom. The van der Waals surface area contributed by atoms with Gasteiger partial charge in [0, 0.05) is 10.5 Å². The van der Waals surface area contributed by atoms with Gasteiger partial charge in [-0.25, -0.2) is 0 Å². The van der Waals surface area contributed by atoms with Crippen molar-refractivity contribution in [3.05, 3.63) is 28.8 Å². The molecule has 12 heavy (non-hydrogen) atoms. The molecule has 0 spiro atoms. The second-order valence-electron chi connectivity index (χ2n) is 2.22. The first-order chi connectivity index (χ1) is 5.11. The Labute approximate surface area is 104 Å². The van der Waals surface area contributed by atoms with Crippen LogP contribution in [0.25, 0.3) is 0 Å². The maximum atomic E-state index is 10.8. The molecule has 0 saturated carbocycles. The van der Waals surface area contributed by atoms with Crippen LogP contribution in [0.2, 0.25) is 5.02 Å². The minimum atomic E-state index is 0. The molecule has 0 aliphatic heterocycles. The number of carbonyl (C=O) groups is 1. The number of halogens is 1. The van der Waals surface area contributed by atoms with Gasteiger partial charge in [0.25, 0.3) is 0 Å². The number of Topliss-reactive ketones (excluding diaryl/α,β-unsaturated/α-hetero) is 1. The largest absolute Gasteiger partial charge is 1.00 e. The normalized spacial score (nSPS) is 8.92. The molecule has 0 bridgehead atoms. The quantitative estimate of drug-likeness (QED) is 0.386. The van der Waals surface area contributed by atoms with Gasteiger partial charge < -0.3 is 0 Å². The Hall–Kier alpha value is 0.530. The van der Waals surface area contributed by atoms with Crippen molar-refractivity contribution in [1.82, 2.24) is 0 Å². The number of hydrogen-bond donors (Lipinski definition) is 1. The molecule has 58 valence electrons. The monoisotopic (exact) mass is 209 g/mol. The topological polar surface area (TPSA) is 17.1 Å². The van der Waals surface area contributed by atoms with Crippen molar-refractivity contribution < 1.29 is 34.4 Å². The molecule has 1 nitrogen and oxygen atoms in total. The minimum absolute atomic E-state index is 0. The summed E-state index contributed by atoms with van der Waals surface area (Å²) in [5.74, 6) is 0.0141. The van der Waals surface area contributed by atoms with Crippen LogP contribution in [0.15, 0.2) is 23.1 Å². The molecule has 0 heterocycles. The second kappa shape index (κ2) is 5.30. The van der Waals surface area contributed by atoms with Gasteiger partial charge in [-0.15, -0.1) is 12.6 Å². The molecule has 0 aromatic heterocycles. The number of carbonyl (C=O) groups excluding carboxylic acids is 1. The van der Waals surface area contributed by atoms with E-state index in [-0.39, 0.29) is 35.3 Å². The summed E-state index contributed by atoms with van der Waals surface area (Å²) in [5.41, 5.74) is 0.618. The molecule has 0 aliphatic rings. The zero-order valence-corrected chi connectivity index (χ0v) is 10.6. The first kappa shape index (κ1) is 12.5. The molecule has 0 aliphatic carbocycles. The first-order valence-corrected chi connectivity index (χ1v) is 3.93. The summed E-state index contributed by atoms with van der Waals surface area (Å²) >= 11 is 9.80. The molecule has 0 N–H and O–H groups in total. The van der Waals surface area contributed by atoms with Gasteiger partial charge in [-0.05, 0) is 19.1 Å². The van der Waals surface area contributed by atoms with Crippen LogP contribution in [-0.4, -0.2) is 5.78 Å². The summed E-state index contributed by atoms with van der Waals surface area (Å²) in [6.07, 6.45) is 0. The Morgan fingerprint density at radius 3 is 2.50 bits per heavy atom. The summed E-state index contributed by atoms with van der Waals surface area (Å²) < 4.78 is 0. The summed E-state index contributed by atoms with van der Waals surface area (Å²) in [5, 5.41) is 0.515. The predicted molar refractivity (Wildman–Crippen MR) is 48.7 cm³/mol. The van der Waals surface area contributed by atoms with Crippen molar-refractivity contribution in [2.24, 2.45) is 0 Å². The third kappa shape index (κ3) is 3.11. The molecule has 0 unspecified atom stereocenters. The average molecular weight is 210 g/mol. The van der Waals surface area contributed by atoms with Crippen LogP contribution >= 0.6 is 24.2 Å². The predicted octanol–water partition coefficient (Wildman–Crippen LogP) is -0.165. The van der Waals surface area contributed by atoms with E-state index in [0.717, 1.165) is 0 Å². The summed E-state index contributed by atoms with van der Waals surface area (Å²) in [7, 11) is 0. The van der Waals surface area contributed by atoms with Crippen molar-refractivity contribution in [2.45, 2.75) is 11.8 Å². The van der Waals surface area contributed by atoms with Crippen molar-refractivity contribution in [2.75, 3.05) is 0 Å². The van der Waals surface area contributed by atoms with Crippen LogP contribution in [0.3, 0.4) is 0 Å². The van der Waals surface area contributed by atoms with E-state index in [9.17, 15) is 4.79 Å². The molecule has 0 fully saturated rings. The van der Waals surface area contributed by atoms with Gasteiger partial charge in [0.05, 0.1) is 5.02 Å². The molecule has 1 aromatic rings. The zero-order valence-electron chi connectivity index (χ0n) is 6.97. The van der Waals surface area contributed by atoms with E-state index in [2.05, 4.69) is 12.6 Å². The van der Waals surface area contributed by atoms with Crippen LogP contribution in [0.1, 0.15) is 17.3 Å². The second-order valence-corrected chi connectivity index (χ2v) is 3.11. The SMILES string of the molecule is CC(=O)c1ccc(S)c(Cl)c1.[Na+]. The van der Waals surface area contributed by atoms with E-state index in [1.54, 1.807) is 18.2 Å². The van der Waals surface area contributed by atoms with Crippen LogP contribution in [0, 0.1) is 0 Å². The molecular formula is C8H7ClNaOS+. The van der Waals surface area contributed by atoms with Gasteiger partial charge in [-0.2, -0.15) is 0 Å². The van der Waals surface area contributed by atoms with Gasteiger partial charge in [0.1, 0.15) is 0 Å². The van der Waals surface area contributed by atoms with Gasteiger partial charge in [0.2, 0.25) is 0 Å². The number of benzene rings is 1. The van der Waals surface area contributed by atoms with Crippen molar-refractivity contribution in [3.8, 4) is 0 Å². The molecular weight excluding hydrogens is 203 g/mol. The number of thiol groups is 1. The molecule has 0 amide bonds. The van der Waals surface area contributed by atoms with E-state index in [1.807, 2.05) is 0 Å². The minimum Gasteiger partial charge on any atom is -0.295 e. The smallest absolute Gasteiger partial charge is 0.295 e. The Balaban J connectivity index is 0.00000121. The molecule has 1 aromatic carbocycles. The number of hydrogen-bond acceptors (Lipinski definition) is 2. The van der Waals surface area contributed by atoms with E-state index in [4.69, 9.17) is 11.6 Å². The standard InChI is InChI=1S/C8H7ClOS.Na/c1-5(10)6-2-3-8(11)7(9)4-6;/h2-4,11H,1H3;/q;+1. The third-order valence-corrected chi connectivity index (χ3v) is 2.19. The zero-order chi connectivity index (χ0) is 8.43. The molecule has 0 atom stereocenters. The Morgan fingerprint density at radius 2 is 2.08 bits per heavy atom. The summed E-state index contributed by atoms with van der Waals surface area (Å²) in [6.45, 7) is 1.50. The van der Waals surface area contributed by atoms with Crippen LogP contribution in [0.4, 0.5) is 0 Å². The Bertz CT molecular complexity index is 301. The number of rotatable bonds is 1. The molecule has 4 heteroatoms. The maximum absolute atomic E-state index is 10.8. The molecule has 1 rings (SSSR count). The average Bonchev–Trinajstić information content (AvgIpc) is 1.94. The van der Waals surface area contributed by atoms with E-state index < -0.39 is 0 Å². The molecule has 0 saturated heterocycles. The van der Waals surface area contributed by atoms with Crippen LogP contribution < -0.4 is 29.6 Å². The van der Waals surface area contributed by atoms with E-state index in [0.29, 0.717) is 15.5 Å². The molecule has 0 radical (unpaired) electrons. The fraction of sp³-hybridized carbons (Fsp3) is 0.125. The van der Waals surface area contributed by atoms with Crippen LogP contribution in [0.5, 0.6) is 0 Å². The third-order valence-electron chi connectivity index (χ3n) is 1.35. The van der Waals surface area contributed by atoms with Crippen molar-refractivity contribution in [3.63, 3.8) is 0 Å². The van der Waals surface area contributed by atoms with Gasteiger partial charge in [-0.1, -0.05) is 17.7 Å². The van der Waals surface area contributed by atoms with E-state index in [1.165, 1.54) is 6.92 Å². The fourth-order valence-corrected chi connectivity index (χ4v) is 1.05. The first-order valence-electron chi connectivity index (χ1n) is 3.10. The van der Waals surface area contributed by atoms with E-state index >= 15 is 0 Å². The number of ketones is 1. The van der Waals surface area contributed by atoms with Gasteiger partial charge in [-0.3, -0.25) is 4.79 Å². The van der Waals surface area contributed by atoms with Crippen molar-refractivity contribution >= 4 is 30.0 Å². The van der Waals surface area contributed by atoms with Gasteiger partial charge >= 0.3 is 29.6 Å². The summed E-state index contributed by atoms with van der Waals surface area (Å²) in [4.78, 5) is 11.5. The van der Waals surface area contributed by atoms with Crippen molar-refractivity contribution in [1.29, 1.82) is 0 Å². The van der Waals surface area contributed by atoms with Crippen LogP contribution in [-0.2, 0) is 0 Å². The maximum Gasteiger partial charge on any atom is 1.00 e. The Kier molecular flexibility index (Phi) is 5.53. The summed E-state index contributed by atoms with van der Waals surface area (Å²) in [6, 6.07) is 5.03. The van der Waals surface area contributed by atoms with Gasteiger partial charge in [0.15, 0.2) is 5.78 Å². The fourth-order valence-electron chi connectivity index (χ4n) is 0.726.